The second-order valence-electron chi connectivity index (χ2n) is 5.24. The van der Waals surface area contributed by atoms with Gasteiger partial charge in [0.15, 0.2) is 0 Å². The summed E-state index contributed by atoms with van der Waals surface area (Å²) in [7, 11) is 1.70. The zero-order valence-corrected chi connectivity index (χ0v) is 13.1. The Morgan fingerprint density at radius 2 is 1.88 bits per heavy atom. The molecule has 1 N–H and O–H groups in total. The summed E-state index contributed by atoms with van der Waals surface area (Å²) in [6, 6.07) is 5.35. The smallest absolute Gasteiger partial charge is 0.401 e. The van der Waals surface area contributed by atoms with Crippen molar-refractivity contribution in [3.63, 3.8) is 0 Å². The van der Waals surface area contributed by atoms with Crippen LogP contribution < -0.4 is 5.32 Å². The van der Waals surface area contributed by atoms with Crippen LogP contribution in [0, 0.1) is 6.92 Å². The van der Waals surface area contributed by atoms with E-state index in [1.54, 1.807) is 24.7 Å². The van der Waals surface area contributed by atoms with Crippen molar-refractivity contribution in [1.29, 1.82) is 0 Å². The number of carbonyl (C=O) groups is 1. The summed E-state index contributed by atoms with van der Waals surface area (Å²) in [5, 5.41) is 14.0. The molecule has 0 aliphatic rings. The van der Waals surface area contributed by atoms with Crippen LogP contribution in [0.25, 0.3) is 11.6 Å². The summed E-state index contributed by atoms with van der Waals surface area (Å²) in [6.45, 7) is 1.80. The summed E-state index contributed by atoms with van der Waals surface area (Å²) < 4.78 is 44.5. The van der Waals surface area contributed by atoms with Gasteiger partial charge in [-0.15, -0.1) is 5.10 Å². The number of nitrogens with zero attached hydrogens (tertiary/aromatic N) is 4. The van der Waals surface area contributed by atoms with E-state index in [-0.39, 0.29) is 17.5 Å². The van der Waals surface area contributed by atoms with Gasteiger partial charge < -0.3 is 4.42 Å². The van der Waals surface area contributed by atoms with E-state index < -0.39 is 17.6 Å². The second-order valence-corrected chi connectivity index (χ2v) is 5.24. The maximum Gasteiger partial charge on any atom is 0.416 e. The molecule has 2 heterocycles. The van der Waals surface area contributed by atoms with Gasteiger partial charge in [0, 0.05) is 12.6 Å². The summed E-state index contributed by atoms with van der Waals surface area (Å²) in [4.78, 5) is 12.1. The molecule has 0 saturated carbocycles. The number of aryl methyl sites for hydroxylation is 2. The largest absolute Gasteiger partial charge is 0.416 e. The molecule has 25 heavy (non-hydrogen) atoms. The Bertz CT molecular complexity index is 912. The number of benzene rings is 1. The van der Waals surface area contributed by atoms with E-state index in [0.717, 1.165) is 30.0 Å². The minimum absolute atomic E-state index is 0.0316. The molecule has 0 saturated heterocycles. The number of alkyl halides is 3. The fraction of sp³-hybridized carbons (Fsp3) is 0.200. The van der Waals surface area contributed by atoms with E-state index in [0.29, 0.717) is 5.69 Å². The third-order valence-electron chi connectivity index (χ3n) is 3.34. The summed E-state index contributed by atoms with van der Waals surface area (Å²) in [6.07, 6.45) is -4.46. The topological polar surface area (TPSA) is 85.8 Å². The summed E-state index contributed by atoms with van der Waals surface area (Å²) in [5.74, 6) is -0.504. The van der Waals surface area contributed by atoms with Crippen LogP contribution in [0.3, 0.4) is 0 Å². The average Bonchev–Trinajstić information content (AvgIpc) is 3.12. The normalized spacial score (nSPS) is 11.6. The predicted molar refractivity (Wildman–Crippen MR) is 80.6 cm³/mol. The number of carbonyl (C=O) groups excluding carboxylic acids is 1. The summed E-state index contributed by atoms with van der Waals surface area (Å²) >= 11 is 0. The van der Waals surface area contributed by atoms with Crippen molar-refractivity contribution >= 4 is 11.9 Å². The molecule has 130 valence electrons. The Labute approximate surface area is 139 Å². The number of hydrogen-bond acceptors (Lipinski definition) is 5. The van der Waals surface area contributed by atoms with Crippen molar-refractivity contribution in [1.82, 2.24) is 20.0 Å². The van der Waals surface area contributed by atoms with E-state index >= 15 is 0 Å². The Kier molecular flexibility index (Phi) is 4.03. The molecule has 1 aromatic carbocycles. The number of aromatic nitrogens is 4. The Morgan fingerprint density at radius 1 is 1.20 bits per heavy atom. The molecule has 1 amide bonds. The number of nitrogens with one attached hydrogen (secondary N) is 1. The maximum absolute atomic E-state index is 12.5. The standard InChI is InChI=1S/C15H12F3N5O2/c1-8-7-11(23(2)22-8)13-20-21-14(25-13)19-12(24)9-3-5-10(6-4-9)15(16,17)18/h3-7H,1-2H3,(H,19,21,24). The van der Waals surface area contributed by atoms with Gasteiger partial charge in [-0.1, -0.05) is 5.10 Å². The molecular formula is C15H12F3N5O2. The SMILES string of the molecule is Cc1cc(-c2nnc(NC(=O)c3ccc(C(F)(F)F)cc3)o2)n(C)n1. The van der Waals surface area contributed by atoms with Gasteiger partial charge >= 0.3 is 12.2 Å². The molecule has 2 aromatic heterocycles. The van der Waals surface area contributed by atoms with Crippen LogP contribution in [-0.2, 0) is 13.2 Å². The molecule has 0 spiro atoms. The fourth-order valence-electron chi connectivity index (χ4n) is 2.17. The van der Waals surface area contributed by atoms with Gasteiger partial charge in [0.1, 0.15) is 5.69 Å². The first kappa shape index (κ1) is 16.7. The van der Waals surface area contributed by atoms with Gasteiger partial charge in [0.25, 0.3) is 11.8 Å². The predicted octanol–water partition coefficient (Wildman–Crippen LogP) is 3.05. The van der Waals surface area contributed by atoms with Gasteiger partial charge in [-0.3, -0.25) is 14.8 Å². The van der Waals surface area contributed by atoms with Gasteiger partial charge in [-0.2, -0.15) is 18.3 Å². The Balaban J connectivity index is 1.74. The van der Waals surface area contributed by atoms with Crippen LogP contribution >= 0.6 is 0 Å². The molecule has 7 nitrogen and oxygen atoms in total. The lowest BCUT2D eigenvalue weighted by molar-refractivity contribution is -0.137. The lowest BCUT2D eigenvalue weighted by Crippen LogP contribution is -2.13. The fourth-order valence-corrected chi connectivity index (χ4v) is 2.17. The first-order chi connectivity index (χ1) is 11.7. The number of amides is 1. The van der Waals surface area contributed by atoms with E-state index in [1.807, 2.05) is 0 Å². The van der Waals surface area contributed by atoms with Crippen LogP contribution in [-0.4, -0.2) is 25.9 Å². The van der Waals surface area contributed by atoms with Crippen molar-refractivity contribution in [3.8, 4) is 11.6 Å². The molecular weight excluding hydrogens is 339 g/mol. The number of anilines is 1. The van der Waals surface area contributed by atoms with Crippen LogP contribution in [0.15, 0.2) is 34.7 Å². The van der Waals surface area contributed by atoms with Gasteiger partial charge in [-0.25, -0.2) is 0 Å². The van der Waals surface area contributed by atoms with Crippen molar-refractivity contribution in [2.24, 2.45) is 7.05 Å². The van der Waals surface area contributed by atoms with Gasteiger partial charge in [-0.05, 0) is 37.3 Å². The molecule has 0 bridgehead atoms. The number of rotatable bonds is 3. The van der Waals surface area contributed by atoms with Crippen LogP contribution in [0.2, 0.25) is 0 Å². The first-order valence-corrected chi connectivity index (χ1v) is 7.07. The minimum atomic E-state index is -4.46. The molecule has 0 aliphatic heterocycles. The van der Waals surface area contributed by atoms with E-state index in [1.165, 1.54) is 0 Å². The van der Waals surface area contributed by atoms with E-state index in [4.69, 9.17) is 4.42 Å². The van der Waals surface area contributed by atoms with Crippen molar-refractivity contribution < 1.29 is 22.4 Å². The second kappa shape index (κ2) is 6.04. The van der Waals surface area contributed by atoms with E-state index in [2.05, 4.69) is 20.6 Å². The Morgan fingerprint density at radius 3 is 2.44 bits per heavy atom. The third-order valence-corrected chi connectivity index (χ3v) is 3.34. The third kappa shape index (κ3) is 3.52. The molecule has 0 fully saturated rings. The molecule has 10 heteroatoms. The molecule has 3 aromatic rings. The average molecular weight is 351 g/mol. The van der Waals surface area contributed by atoms with Crippen molar-refractivity contribution in [2.45, 2.75) is 13.1 Å². The van der Waals surface area contributed by atoms with Crippen LogP contribution in [0.5, 0.6) is 0 Å². The minimum Gasteiger partial charge on any atom is -0.401 e. The van der Waals surface area contributed by atoms with Gasteiger partial charge in [0.2, 0.25) is 0 Å². The molecule has 0 unspecified atom stereocenters. The Hall–Kier alpha value is -3.17. The van der Waals surface area contributed by atoms with Crippen molar-refractivity contribution in [3.05, 3.63) is 47.2 Å². The zero-order valence-electron chi connectivity index (χ0n) is 13.1. The van der Waals surface area contributed by atoms with Crippen LogP contribution in [0.1, 0.15) is 21.6 Å². The first-order valence-electron chi connectivity index (χ1n) is 7.07. The highest BCUT2D eigenvalue weighted by Crippen LogP contribution is 2.29. The molecule has 0 radical (unpaired) electrons. The molecule has 0 aliphatic carbocycles. The highest BCUT2D eigenvalue weighted by atomic mass is 19.4. The highest BCUT2D eigenvalue weighted by molar-refractivity contribution is 6.03. The van der Waals surface area contributed by atoms with Crippen LogP contribution in [0.4, 0.5) is 19.2 Å². The number of hydrogen-bond donors (Lipinski definition) is 1. The van der Waals surface area contributed by atoms with Crippen molar-refractivity contribution in [2.75, 3.05) is 5.32 Å². The lowest BCUT2D eigenvalue weighted by atomic mass is 10.1. The monoisotopic (exact) mass is 351 g/mol. The van der Waals surface area contributed by atoms with E-state index in [9.17, 15) is 18.0 Å². The maximum atomic E-state index is 12.5. The van der Waals surface area contributed by atoms with Gasteiger partial charge in [0.05, 0.1) is 11.3 Å². The highest BCUT2D eigenvalue weighted by Gasteiger charge is 2.30. The quantitative estimate of drug-likeness (QED) is 0.784. The zero-order chi connectivity index (χ0) is 18.2. The lowest BCUT2D eigenvalue weighted by Gasteiger charge is -2.07. The number of halogens is 3. The molecule has 0 atom stereocenters. The molecule has 3 rings (SSSR count). The summed E-state index contributed by atoms with van der Waals surface area (Å²) in [5.41, 5.74) is 0.519.